The molecular weight excluding hydrogens is 450 g/mol. The minimum absolute atomic E-state index is 0.218. The smallest absolute Gasteiger partial charge is 0.225 e. The van der Waals surface area contributed by atoms with E-state index in [9.17, 15) is 4.79 Å². The van der Waals surface area contributed by atoms with E-state index in [4.69, 9.17) is 14.2 Å². The van der Waals surface area contributed by atoms with Crippen LogP contribution < -0.4 is 0 Å². The first kappa shape index (κ1) is 37.5. The van der Waals surface area contributed by atoms with Crippen molar-refractivity contribution in [1.82, 2.24) is 4.90 Å². The Bertz CT molecular complexity index is 459. The second kappa shape index (κ2) is 24.7. The van der Waals surface area contributed by atoms with Crippen molar-refractivity contribution in [2.75, 3.05) is 40.5 Å². The van der Waals surface area contributed by atoms with E-state index in [1.165, 1.54) is 38.5 Å². The zero-order valence-corrected chi connectivity index (χ0v) is 26.1. The number of carbonyl (C=O) groups is 1. The summed E-state index contributed by atoms with van der Waals surface area (Å²) in [6.07, 6.45) is 15.4. The summed E-state index contributed by atoms with van der Waals surface area (Å²) in [4.78, 5) is 14.3. The first-order valence-electron chi connectivity index (χ1n) is 15.5. The number of rotatable bonds is 13. The van der Waals surface area contributed by atoms with Crippen molar-refractivity contribution >= 4 is 5.91 Å². The van der Waals surface area contributed by atoms with E-state index >= 15 is 0 Å². The molecule has 1 aliphatic heterocycles. The molecule has 3 aliphatic rings. The van der Waals surface area contributed by atoms with Gasteiger partial charge in [-0.05, 0) is 38.5 Å². The molecule has 5 heteroatoms. The lowest BCUT2D eigenvalue weighted by Crippen LogP contribution is -2.66. The van der Waals surface area contributed by atoms with E-state index in [1.807, 2.05) is 46.4 Å². The van der Waals surface area contributed by atoms with Crippen molar-refractivity contribution in [2.45, 2.75) is 145 Å². The number of carbonyl (C=O) groups excluding carboxylic acids is 1. The van der Waals surface area contributed by atoms with Crippen molar-refractivity contribution < 1.29 is 19.0 Å². The Morgan fingerprint density at radius 3 is 1.69 bits per heavy atom. The monoisotopic (exact) mass is 515 g/mol. The van der Waals surface area contributed by atoms with E-state index in [1.54, 1.807) is 14.2 Å². The number of hydrogen-bond acceptors (Lipinski definition) is 4. The van der Waals surface area contributed by atoms with Gasteiger partial charge in [0.05, 0.1) is 12.2 Å². The summed E-state index contributed by atoms with van der Waals surface area (Å²) in [5.74, 6) is 0.568. The van der Waals surface area contributed by atoms with E-state index in [2.05, 4.69) is 13.8 Å². The van der Waals surface area contributed by atoms with Gasteiger partial charge in [-0.2, -0.15) is 0 Å². The molecule has 3 fully saturated rings. The molecule has 1 saturated heterocycles. The van der Waals surface area contributed by atoms with Crippen LogP contribution in [0.1, 0.15) is 132 Å². The highest BCUT2D eigenvalue weighted by Gasteiger charge is 2.55. The Balaban J connectivity index is 0. The first-order valence-corrected chi connectivity index (χ1v) is 15.5. The molecule has 36 heavy (non-hydrogen) atoms. The first-order chi connectivity index (χ1) is 17.6. The molecule has 0 aromatic carbocycles. The van der Waals surface area contributed by atoms with Crippen LogP contribution >= 0.6 is 0 Å². The number of ether oxygens (including phenoxy) is 3. The van der Waals surface area contributed by atoms with Gasteiger partial charge in [-0.15, -0.1) is 0 Å². The fourth-order valence-corrected chi connectivity index (χ4v) is 4.87. The summed E-state index contributed by atoms with van der Waals surface area (Å²) in [5, 5.41) is 0. The number of likely N-dealkylation sites (tertiary alicyclic amines) is 1. The largest absolute Gasteiger partial charge is 0.385 e. The van der Waals surface area contributed by atoms with Crippen molar-refractivity contribution in [2.24, 2.45) is 11.3 Å². The molecule has 5 nitrogen and oxygen atoms in total. The van der Waals surface area contributed by atoms with Crippen molar-refractivity contribution in [1.29, 1.82) is 0 Å². The van der Waals surface area contributed by atoms with Crippen LogP contribution in [0.15, 0.2) is 0 Å². The zero-order valence-electron chi connectivity index (χ0n) is 26.1. The molecule has 0 atom stereocenters. The van der Waals surface area contributed by atoms with Crippen molar-refractivity contribution in [3.05, 3.63) is 0 Å². The highest BCUT2D eigenvalue weighted by Crippen LogP contribution is 2.50. The third-order valence-electron chi connectivity index (χ3n) is 7.02. The number of nitrogens with zero attached hydrogens (tertiary/aromatic N) is 1. The molecule has 3 rings (SSSR count). The average molecular weight is 516 g/mol. The molecule has 1 heterocycles. The molecule has 218 valence electrons. The lowest BCUT2D eigenvalue weighted by Gasteiger charge is -2.59. The third-order valence-corrected chi connectivity index (χ3v) is 7.02. The molecule has 0 unspecified atom stereocenters. The number of hydrogen-bond donors (Lipinski definition) is 0. The molecule has 0 radical (unpaired) electrons. The summed E-state index contributed by atoms with van der Waals surface area (Å²) in [7, 11) is 3.47. The van der Waals surface area contributed by atoms with Crippen LogP contribution in [0.5, 0.6) is 0 Å². The summed E-state index contributed by atoms with van der Waals surface area (Å²) in [5.41, 5.74) is 0.386. The summed E-state index contributed by atoms with van der Waals surface area (Å²) < 4.78 is 16.2. The average Bonchev–Trinajstić information content (AvgIpc) is 2.85. The number of methoxy groups -OCH3 is 2. The Morgan fingerprint density at radius 1 is 0.750 bits per heavy atom. The molecule has 0 N–H and O–H groups in total. The molecule has 2 saturated carbocycles. The van der Waals surface area contributed by atoms with Gasteiger partial charge in [0.2, 0.25) is 5.91 Å². The highest BCUT2D eigenvalue weighted by atomic mass is 16.5. The van der Waals surface area contributed by atoms with Gasteiger partial charge < -0.3 is 19.1 Å². The summed E-state index contributed by atoms with van der Waals surface area (Å²) >= 11 is 0. The standard InChI is InChI=1S/C17H29NO4.C8H18.3C2H6/c1-20-5-3-4-6-22-15-9-17(10-15)11-18(12-17)16(19)13-7-14(8-13)21-2;1-3-5-7-8-6-4-2;3*1-2/h13-15H,3-12H2,1-2H3;3-8H2,1-2H3;3*1-2H3. The fraction of sp³-hybridized carbons (Fsp3) is 0.968. The molecule has 2 aliphatic carbocycles. The Morgan fingerprint density at radius 2 is 1.25 bits per heavy atom. The van der Waals surface area contributed by atoms with E-state index in [0.29, 0.717) is 23.5 Å². The SMILES string of the molecule is CC.CC.CC.CCCCCCCC.COCCCCOC1CC2(C1)CN(C(=O)C1CC(OC)C1)C2. The lowest BCUT2D eigenvalue weighted by molar-refractivity contribution is -0.179. The van der Waals surface area contributed by atoms with E-state index < -0.39 is 0 Å². The van der Waals surface area contributed by atoms with Crippen LogP contribution in [0.4, 0.5) is 0 Å². The normalized spacial score (nSPS) is 20.9. The van der Waals surface area contributed by atoms with Gasteiger partial charge in [0.15, 0.2) is 0 Å². The van der Waals surface area contributed by atoms with Gasteiger partial charge in [-0.25, -0.2) is 0 Å². The van der Waals surface area contributed by atoms with Crippen molar-refractivity contribution in [3.63, 3.8) is 0 Å². The molecular formula is C31H65NO4. The molecule has 1 amide bonds. The van der Waals surface area contributed by atoms with Crippen LogP contribution in [0, 0.1) is 11.3 Å². The van der Waals surface area contributed by atoms with Gasteiger partial charge >= 0.3 is 0 Å². The van der Waals surface area contributed by atoms with Crippen LogP contribution in [0.2, 0.25) is 0 Å². The van der Waals surface area contributed by atoms with Gasteiger partial charge in [0.25, 0.3) is 0 Å². The summed E-state index contributed by atoms with van der Waals surface area (Å²) in [6.45, 7) is 20.1. The minimum atomic E-state index is 0.218. The Hall–Kier alpha value is -0.650. The predicted molar refractivity (Wildman–Crippen MR) is 156 cm³/mol. The van der Waals surface area contributed by atoms with Crippen LogP contribution in [0.3, 0.4) is 0 Å². The quantitative estimate of drug-likeness (QED) is 0.231. The van der Waals surface area contributed by atoms with E-state index in [0.717, 1.165) is 64.8 Å². The second-order valence-corrected chi connectivity index (χ2v) is 9.74. The predicted octanol–water partition coefficient (Wildman–Crippen LogP) is 8.29. The molecule has 0 aromatic rings. The second-order valence-electron chi connectivity index (χ2n) is 9.74. The van der Waals surface area contributed by atoms with Gasteiger partial charge in [-0.3, -0.25) is 4.79 Å². The van der Waals surface area contributed by atoms with Crippen LogP contribution in [0.25, 0.3) is 0 Å². The Labute approximate surface area is 226 Å². The maximum Gasteiger partial charge on any atom is 0.225 e. The lowest BCUT2D eigenvalue weighted by atomic mass is 9.61. The molecule has 1 spiro atoms. The third kappa shape index (κ3) is 14.3. The fourth-order valence-electron chi connectivity index (χ4n) is 4.87. The summed E-state index contributed by atoms with van der Waals surface area (Å²) in [6, 6.07) is 0. The van der Waals surface area contributed by atoms with Crippen molar-refractivity contribution in [3.8, 4) is 0 Å². The highest BCUT2D eigenvalue weighted by molar-refractivity contribution is 5.81. The maximum atomic E-state index is 12.3. The molecule has 0 aromatic heterocycles. The maximum absolute atomic E-state index is 12.3. The minimum Gasteiger partial charge on any atom is -0.385 e. The van der Waals surface area contributed by atoms with E-state index in [-0.39, 0.29) is 5.92 Å². The number of amides is 1. The Kier molecular flexibility index (Phi) is 25.7. The van der Waals surface area contributed by atoms with Gasteiger partial charge in [0.1, 0.15) is 0 Å². The number of unbranched alkanes of at least 4 members (excludes halogenated alkanes) is 6. The van der Waals surface area contributed by atoms with Crippen LogP contribution in [-0.4, -0.2) is 63.5 Å². The van der Waals surface area contributed by atoms with Gasteiger partial charge in [-0.1, -0.05) is 93.9 Å². The van der Waals surface area contributed by atoms with Crippen LogP contribution in [-0.2, 0) is 19.0 Å². The topological polar surface area (TPSA) is 48.0 Å². The molecule has 0 bridgehead atoms. The zero-order chi connectivity index (χ0) is 27.8. The van der Waals surface area contributed by atoms with Gasteiger partial charge in [0, 0.05) is 51.9 Å².